The summed E-state index contributed by atoms with van der Waals surface area (Å²) in [5, 5.41) is 2.72. The molecule has 1 amide bonds. The van der Waals surface area contributed by atoms with E-state index in [0.29, 0.717) is 5.69 Å². The third kappa shape index (κ3) is 2.69. The topological polar surface area (TPSA) is 81.7 Å². The molecule has 1 N–H and O–H groups in total. The number of amides is 1. The molecule has 1 aliphatic heterocycles. The van der Waals surface area contributed by atoms with Gasteiger partial charge in [0.05, 0.1) is 11.8 Å². The molecule has 2 bridgehead atoms. The highest BCUT2D eigenvalue weighted by molar-refractivity contribution is 5.93. The lowest BCUT2D eigenvalue weighted by Crippen LogP contribution is -2.34. The molecule has 6 heteroatoms. The molecule has 0 unspecified atom stereocenters. The summed E-state index contributed by atoms with van der Waals surface area (Å²) in [4.78, 5) is 36.4. The second-order valence-electron chi connectivity index (χ2n) is 7.38. The number of fused-ring (bicyclic) bond motifs is 1. The van der Waals surface area contributed by atoms with E-state index in [9.17, 15) is 14.4 Å². The molecule has 132 valence electrons. The van der Waals surface area contributed by atoms with Crippen molar-refractivity contribution in [3.8, 4) is 0 Å². The maximum absolute atomic E-state index is 12.4. The van der Waals surface area contributed by atoms with E-state index in [0.717, 1.165) is 24.0 Å². The molecule has 2 saturated carbocycles. The van der Waals surface area contributed by atoms with Gasteiger partial charge in [-0.1, -0.05) is 6.07 Å². The van der Waals surface area contributed by atoms with Crippen molar-refractivity contribution in [1.29, 1.82) is 0 Å². The molecule has 4 rings (SSSR count). The fourth-order valence-corrected chi connectivity index (χ4v) is 4.57. The lowest BCUT2D eigenvalue weighted by atomic mass is 9.80. The monoisotopic (exact) mass is 343 g/mol. The highest BCUT2D eigenvalue weighted by atomic mass is 16.6. The van der Waals surface area contributed by atoms with E-state index in [1.54, 1.807) is 0 Å². The molecular weight excluding hydrogens is 322 g/mol. The molecule has 3 fully saturated rings. The maximum Gasteiger partial charge on any atom is 0.310 e. The van der Waals surface area contributed by atoms with Crippen LogP contribution in [0, 0.1) is 37.5 Å². The zero-order chi connectivity index (χ0) is 17.7. The molecule has 5 atom stereocenters. The average molecular weight is 343 g/mol. The summed E-state index contributed by atoms with van der Waals surface area (Å²) in [6.07, 6.45) is 1.57. The summed E-state index contributed by atoms with van der Waals surface area (Å²) in [5.74, 6) is -1.65. The van der Waals surface area contributed by atoms with Crippen LogP contribution >= 0.6 is 0 Å². The number of carbonyl (C=O) groups is 3. The number of ether oxygens (including phenoxy) is 2. The van der Waals surface area contributed by atoms with Crippen LogP contribution in [0.1, 0.15) is 24.0 Å². The Bertz CT molecular complexity index is 756. The van der Waals surface area contributed by atoms with Gasteiger partial charge in [-0.05, 0) is 55.9 Å². The van der Waals surface area contributed by atoms with Crippen molar-refractivity contribution in [2.24, 2.45) is 23.7 Å². The quantitative estimate of drug-likeness (QED) is 0.846. The highest BCUT2D eigenvalue weighted by Crippen LogP contribution is 2.57. The zero-order valence-corrected chi connectivity index (χ0v) is 14.3. The second kappa shape index (κ2) is 5.86. The van der Waals surface area contributed by atoms with Crippen molar-refractivity contribution >= 4 is 23.5 Å². The van der Waals surface area contributed by atoms with E-state index < -0.39 is 11.9 Å². The molecule has 0 spiro atoms. The Hall–Kier alpha value is -2.37. The smallest absolute Gasteiger partial charge is 0.310 e. The van der Waals surface area contributed by atoms with Gasteiger partial charge in [-0.2, -0.15) is 0 Å². The largest absolute Gasteiger partial charge is 0.462 e. The Morgan fingerprint density at radius 1 is 1.24 bits per heavy atom. The molecule has 0 radical (unpaired) electrons. The van der Waals surface area contributed by atoms with Gasteiger partial charge in [-0.3, -0.25) is 14.4 Å². The number of hydrogen-bond acceptors (Lipinski definition) is 5. The van der Waals surface area contributed by atoms with Crippen LogP contribution in [0.3, 0.4) is 0 Å². The summed E-state index contributed by atoms with van der Waals surface area (Å²) in [7, 11) is 0. The molecule has 25 heavy (non-hydrogen) atoms. The van der Waals surface area contributed by atoms with Gasteiger partial charge in [0.15, 0.2) is 6.61 Å². The van der Waals surface area contributed by atoms with Crippen molar-refractivity contribution in [1.82, 2.24) is 0 Å². The van der Waals surface area contributed by atoms with E-state index in [1.165, 1.54) is 0 Å². The molecule has 1 aromatic rings. The number of aryl methyl sites for hydroxylation is 2. The van der Waals surface area contributed by atoms with Gasteiger partial charge in [-0.15, -0.1) is 0 Å². The summed E-state index contributed by atoms with van der Waals surface area (Å²) >= 11 is 0. The first-order valence-electron chi connectivity index (χ1n) is 8.68. The van der Waals surface area contributed by atoms with E-state index in [1.807, 2.05) is 32.0 Å². The van der Waals surface area contributed by atoms with Crippen molar-refractivity contribution in [2.75, 3.05) is 11.9 Å². The molecule has 0 aromatic heterocycles. The van der Waals surface area contributed by atoms with Gasteiger partial charge in [0, 0.05) is 11.6 Å². The number of benzene rings is 1. The first kappa shape index (κ1) is 16.1. The van der Waals surface area contributed by atoms with Gasteiger partial charge in [-0.25, -0.2) is 0 Å². The fourth-order valence-electron chi connectivity index (χ4n) is 4.57. The van der Waals surface area contributed by atoms with Crippen LogP contribution in [0.15, 0.2) is 18.2 Å². The molecular formula is C19H21NO5. The van der Waals surface area contributed by atoms with Gasteiger partial charge >= 0.3 is 11.9 Å². The number of nitrogens with one attached hydrogen (secondary N) is 1. The van der Waals surface area contributed by atoms with Crippen LogP contribution in [0.2, 0.25) is 0 Å². The number of anilines is 1. The van der Waals surface area contributed by atoms with Crippen molar-refractivity contribution < 1.29 is 23.9 Å². The van der Waals surface area contributed by atoms with Crippen molar-refractivity contribution in [3.05, 3.63) is 29.3 Å². The van der Waals surface area contributed by atoms with Gasteiger partial charge < -0.3 is 14.8 Å². The highest BCUT2D eigenvalue weighted by Gasteiger charge is 2.64. The van der Waals surface area contributed by atoms with Crippen molar-refractivity contribution in [3.63, 3.8) is 0 Å². The van der Waals surface area contributed by atoms with Crippen LogP contribution in [0.25, 0.3) is 0 Å². The van der Waals surface area contributed by atoms with E-state index in [2.05, 4.69) is 5.32 Å². The van der Waals surface area contributed by atoms with E-state index in [4.69, 9.17) is 9.47 Å². The predicted molar refractivity (Wildman–Crippen MR) is 88.6 cm³/mol. The Kier molecular flexibility index (Phi) is 3.78. The third-order valence-corrected chi connectivity index (χ3v) is 5.89. The average Bonchev–Trinajstić information content (AvgIpc) is 3.18. The first-order valence-corrected chi connectivity index (χ1v) is 8.68. The molecule has 2 aliphatic carbocycles. The predicted octanol–water partition coefficient (Wildman–Crippen LogP) is 1.98. The SMILES string of the molecule is Cc1ccc(NC(=O)COC(=O)[C@H]2[C@@H]3C[C@H]4[C@@H]2C(=O)O[C@@H]4C3)cc1C. The maximum atomic E-state index is 12.4. The number of esters is 2. The van der Waals surface area contributed by atoms with Crippen LogP contribution in [0.4, 0.5) is 5.69 Å². The van der Waals surface area contributed by atoms with E-state index >= 15 is 0 Å². The molecule has 1 saturated heterocycles. The molecule has 1 aromatic carbocycles. The number of rotatable bonds is 4. The Labute approximate surface area is 145 Å². The summed E-state index contributed by atoms with van der Waals surface area (Å²) in [5.41, 5.74) is 2.89. The Balaban J connectivity index is 1.34. The lowest BCUT2D eigenvalue weighted by Gasteiger charge is -2.22. The number of hydrogen-bond donors (Lipinski definition) is 1. The summed E-state index contributed by atoms with van der Waals surface area (Å²) in [6.45, 7) is 3.62. The molecule has 3 aliphatic rings. The van der Waals surface area contributed by atoms with Crippen molar-refractivity contribution in [2.45, 2.75) is 32.8 Å². The number of carbonyl (C=O) groups excluding carboxylic acids is 3. The lowest BCUT2D eigenvalue weighted by molar-refractivity contribution is -0.157. The second-order valence-corrected chi connectivity index (χ2v) is 7.38. The van der Waals surface area contributed by atoms with Gasteiger partial charge in [0.25, 0.3) is 5.91 Å². The standard InChI is InChI=1S/C19H21NO5/c1-9-3-4-12(5-10(9)2)20-15(21)8-24-18(22)16-11-6-13-14(7-11)25-19(23)17(13)16/h3-5,11,13-14,16-17H,6-8H2,1-2H3,(H,20,21)/t11-,13-,14-,16+,17+/m1/s1. The van der Waals surface area contributed by atoms with Crippen LogP contribution in [0.5, 0.6) is 0 Å². The van der Waals surface area contributed by atoms with Gasteiger partial charge in [0.1, 0.15) is 6.10 Å². The van der Waals surface area contributed by atoms with Crippen LogP contribution < -0.4 is 5.32 Å². The third-order valence-electron chi connectivity index (χ3n) is 5.89. The summed E-state index contributed by atoms with van der Waals surface area (Å²) in [6, 6.07) is 5.61. The minimum atomic E-state index is -0.454. The normalized spacial score (nSPS) is 31.8. The molecule has 1 heterocycles. The first-order chi connectivity index (χ1) is 11.9. The Morgan fingerprint density at radius 2 is 2.04 bits per heavy atom. The van der Waals surface area contributed by atoms with Crippen LogP contribution in [-0.4, -0.2) is 30.6 Å². The minimum Gasteiger partial charge on any atom is -0.462 e. The zero-order valence-electron chi connectivity index (χ0n) is 14.3. The van der Waals surface area contributed by atoms with Gasteiger partial charge in [0.2, 0.25) is 0 Å². The minimum absolute atomic E-state index is 0.0142. The molecule has 6 nitrogen and oxygen atoms in total. The van der Waals surface area contributed by atoms with E-state index in [-0.39, 0.29) is 42.3 Å². The summed E-state index contributed by atoms with van der Waals surface area (Å²) < 4.78 is 10.5. The fraction of sp³-hybridized carbons (Fsp3) is 0.526. The Morgan fingerprint density at radius 3 is 2.80 bits per heavy atom. The van der Waals surface area contributed by atoms with Crippen LogP contribution in [-0.2, 0) is 23.9 Å².